The number of methoxy groups -OCH3 is 1. The van der Waals surface area contributed by atoms with Crippen molar-refractivity contribution in [3.63, 3.8) is 0 Å². The Kier molecular flexibility index (Phi) is 5.70. The third-order valence-electron chi connectivity index (χ3n) is 4.33. The van der Waals surface area contributed by atoms with Gasteiger partial charge in [0.2, 0.25) is 0 Å². The van der Waals surface area contributed by atoms with Crippen molar-refractivity contribution in [1.29, 1.82) is 0 Å². The van der Waals surface area contributed by atoms with Crippen molar-refractivity contribution in [2.45, 2.75) is 44.7 Å². The summed E-state index contributed by atoms with van der Waals surface area (Å²) < 4.78 is 5.22. The number of likely N-dealkylation sites (tertiary alicyclic amines) is 1. The third kappa shape index (κ3) is 3.27. The molecule has 1 fully saturated rings. The number of benzene rings is 1. The van der Waals surface area contributed by atoms with Crippen LogP contribution in [0.2, 0.25) is 5.02 Å². The molecule has 1 aromatic rings. The van der Waals surface area contributed by atoms with E-state index in [0.717, 1.165) is 12.3 Å². The van der Waals surface area contributed by atoms with Crippen molar-refractivity contribution in [1.82, 2.24) is 4.90 Å². The molecule has 0 saturated carbocycles. The fraction of sp³-hybridized carbons (Fsp3) is 0.625. The highest BCUT2D eigenvalue weighted by Gasteiger charge is 2.28. The highest BCUT2D eigenvalue weighted by Crippen LogP contribution is 2.33. The van der Waals surface area contributed by atoms with Crippen LogP contribution in [0, 0.1) is 0 Å². The number of nitrogens with zero attached hydrogens (tertiary/aromatic N) is 1. The van der Waals surface area contributed by atoms with Crippen molar-refractivity contribution >= 4 is 11.6 Å². The first-order valence-corrected chi connectivity index (χ1v) is 7.88. The van der Waals surface area contributed by atoms with Gasteiger partial charge in [0.05, 0.1) is 12.1 Å². The summed E-state index contributed by atoms with van der Waals surface area (Å²) in [7, 11) is 1.64. The van der Waals surface area contributed by atoms with Gasteiger partial charge in [0.1, 0.15) is 5.75 Å². The summed E-state index contributed by atoms with van der Waals surface area (Å²) >= 11 is 6.26. The molecule has 2 unspecified atom stereocenters. The first-order valence-electron chi connectivity index (χ1n) is 7.50. The highest BCUT2D eigenvalue weighted by atomic mass is 35.5. The van der Waals surface area contributed by atoms with Crippen LogP contribution in [0.4, 0.5) is 0 Å². The van der Waals surface area contributed by atoms with E-state index in [2.05, 4.69) is 17.9 Å². The van der Waals surface area contributed by atoms with E-state index in [-0.39, 0.29) is 6.04 Å². The molecule has 1 heterocycles. The van der Waals surface area contributed by atoms with Crippen LogP contribution < -0.4 is 10.5 Å². The number of rotatable bonds is 5. The maximum atomic E-state index is 6.26. The molecule has 1 aliphatic rings. The molecule has 2 N–H and O–H groups in total. The molecule has 0 amide bonds. The van der Waals surface area contributed by atoms with Gasteiger partial charge in [0, 0.05) is 18.6 Å². The summed E-state index contributed by atoms with van der Waals surface area (Å²) in [6.07, 6.45) is 5.05. The molecule has 0 aliphatic carbocycles. The second-order valence-electron chi connectivity index (χ2n) is 5.44. The maximum Gasteiger partial charge on any atom is 0.137 e. The Morgan fingerprint density at radius 1 is 1.45 bits per heavy atom. The summed E-state index contributed by atoms with van der Waals surface area (Å²) in [4.78, 5) is 2.56. The van der Waals surface area contributed by atoms with Crippen LogP contribution >= 0.6 is 11.6 Å². The zero-order chi connectivity index (χ0) is 14.5. The molecule has 1 saturated heterocycles. The average Bonchev–Trinajstić information content (AvgIpc) is 2.49. The lowest BCUT2D eigenvalue weighted by molar-refractivity contribution is 0.0949. The minimum absolute atomic E-state index is 0.253. The van der Waals surface area contributed by atoms with E-state index in [1.54, 1.807) is 7.11 Å². The predicted octanol–water partition coefficient (Wildman–Crippen LogP) is 3.61. The van der Waals surface area contributed by atoms with Crippen molar-refractivity contribution in [2.75, 3.05) is 20.2 Å². The SMILES string of the molecule is CCC1CCCCN1C(CN)c1ccc(OC)c(Cl)c1. The van der Waals surface area contributed by atoms with Crippen LogP contribution in [0.1, 0.15) is 44.2 Å². The molecule has 1 aliphatic heterocycles. The molecule has 4 heteroatoms. The average molecular weight is 297 g/mol. The van der Waals surface area contributed by atoms with E-state index in [9.17, 15) is 0 Å². The van der Waals surface area contributed by atoms with Crippen LogP contribution in [0.15, 0.2) is 18.2 Å². The maximum absolute atomic E-state index is 6.26. The molecule has 0 aromatic heterocycles. The fourth-order valence-electron chi connectivity index (χ4n) is 3.22. The molecule has 2 atom stereocenters. The second-order valence-corrected chi connectivity index (χ2v) is 5.85. The van der Waals surface area contributed by atoms with E-state index in [4.69, 9.17) is 22.1 Å². The Labute approximate surface area is 127 Å². The zero-order valence-electron chi connectivity index (χ0n) is 12.4. The van der Waals surface area contributed by atoms with E-state index in [1.807, 2.05) is 12.1 Å². The normalized spacial score (nSPS) is 21.7. The Balaban J connectivity index is 2.24. The van der Waals surface area contributed by atoms with Gasteiger partial charge in [-0.1, -0.05) is 31.0 Å². The minimum Gasteiger partial charge on any atom is -0.495 e. The molecule has 0 radical (unpaired) electrons. The number of piperidine rings is 1. The van der Waals surface area contributed by atoms with Crippen molar-refractivity contribution in [3.05, 3.63) is 28.8 Å². The number of halogens is 1. The molecule has 0 bridgehead atoms. The fourth-order valence-corrected chi connectivity index (χ4v) is 3.49. The Bertz CT molecular complexity index is 438. The second kappa shape index (κ2) is 7.30. The summed E-state index contributed by atoms with van der Waals surface area (Å²) in [6.45, 7) is 4.01. The number of nitrogens with two attached hydrogens (primary N) is 1. The Morgan fingerprint density at radius 2 is 2.25 bits per heavy atom. The third-order valence-corrected chi connectivity index (χ3v) is 4.62. The first-order chi connectivity index (χ1) is 9.71. The predicted molar refractivity (Wildman–Crippen MR) is 84.4 cm³/mol. The summed E-state index contributed by atoms with van der Waals surface area (Å²) in [5, 5.41) is 0.661. The molecule has 20 heavy (non-hydrogen) atoms. The number of hydrogen-bond donors (Lipinski definition) is 1. The van der Waals surface area contributed by atoms with Gasteiger partial charge >= 0.3 is 0 Å². The van der Waals surface area contributed by atoms with E-state index < -0.39 is 0 Å². The largest absolute Gasteiger partial charge is 0.495 e. The van der Waals surface area contributed by atoms with Crippen LogP contribution in [0.3, 0.4) is 0 Å². The zero-order valence-corrected chi connectivity index (χ0v) is 13.2. The van der Waals surface area contributed by atoms with Gasteiger partial charge in [0.25, 0.3) is 0 Å². The summed E-state index contributed by atoms with van der Waals surface area (Å²) in [6, 6.07) is 6.91. The van der Waals surface area contributed by atoms with E-state index >= 15 is 0 Å². The molecule has 0 spiro atoms. The molecule has 3 nitrogen and oxygen atoms in total. The van der Waals surface area contributed by atoms with Gasteiger partial charge in [-0.05, 0) is 43.5 Å². The van der Waals surface area contributed by atoms with Gasteiger partial charge < -0.3 is 10.5 Å². The molecule has 112 valence electrons. The summed E-state index contributed by atoms with van der Waals surface area (Å²) in [5.74, 6) is 0.719. The Morgan fingerprint density at radius 3 is 2.85 bits per heavy atom. The molecular weight excluding hydrogens is 272 g/mol. The number of ether oxygens (including phenoxy) is 1. The minimum atomic E-state index is 0.253. The standard InChI is InChI=1S/C16H25ClN2O/c1-3-13-6-4-5-9-19(13)15(11-18)12-7-8-16(20-2)14(17)10-12/h7-8,10,13,15H,3-6,9,11,18H2,1-2H3. The highest BCUT2D eigenvalue weighted by molar-refractivity contribution is 6.32. The molecule has 2 rings (SSSR count). The lowest BCUT2D eigenvalue weighted by atomic mass is 9.95. The lowest BCUT2D eigenvalue weighted by Crippen LogP contribution is -2.44. The van der Waals surface area contributed by atoms with E-state index in [1.165, 1.54) is 31.2 Å². The van der Waals surface area contributed by atoms with E-state index in [0.29, 0.717) is 17.6 Å². The quantitative estimate of drug-likeness (QED) is 0.902. The van der Waals surface area contributed by atoms with Crippen molar-refractivity contribution < 1.29 is 4.74 Å². The van der Waals surface area contributed by atoms with Crippen LogP contribution in [-0.2, 0) is 0 Å². The van der Waals surface area contributed by atoms with Crippen LogP contribution in [0.5, 0.6) is 5.75 Å². The van der Waals surface area contributed by atoms with Gasteiger partial charge in [-0.15, -0.1) is 0 Å². The monoisotopic (exact) mass is 296 g/mol. The first kappa shape index (κ1) is 15.6. The lowest BCUT2D eigenvalue weighted by Gasteiger charge is -2.41. The van der Waals surface area contributed by atoms with Crippen molar-refractivity contribution in [2.24, 2.45) is 5.73 Å². The Hall–Kier alpha value is -0.770. The van der Waals surface area contributed by atoms with Gasteiger partial charge in [-0.25, -0.2) is 0 Å². The van der Waals surface area contributed by atoms with Gasteiger partial charge in [-0.3, -0.25) is 4.90 Å². The smallest absolute Gasteiger partial charge is 0.137 e. The van der Waals surface area contributed by atoms with Gasteiger partial charge in [-0.2, -0.15) is 0 Å². The topological polar surface area (TPSA) is 38.5 Å². The number of hydrogen-bond acceptors (Lipinski definition) is 3. The molecular formula is C16H25ClN2O. The summed E-state index contributed by atoms with van der Waals surface area (Å²) in [5.41, 5.74) is 7.25. The van der Waals surface area contributed by atoms with Gasteiger partial charge in [0.15, 0.2) is 0 Å². The molecule has 1 aromatic carbocycles. The van der Waals surface area contributed by atoms with Crippen LogP contribution in [-0.4, -0.2) is 31.1 Å². The van der Waals surface area contributed by atoms with Crippen LogP contribution in [0.25, 0.3) is 0 Å². The van der Waals surface area contributed by atoms with Crippen molar-refractivity contribution in [3.8, 4) is 5.75 Å².